The van der Waals surface area contributed by atoms with Crippen LogP contribution in [-0.4, -0.2) is 33.9 Å². The quantitative estimate of drug-likeness (QED) is 0.435. The van der Waals surface area contributed by atoms with Gasteiger partial charge in [0.25, 0.3) is 0 Å². The van der Waals surface area contributed by atoms with Crippen LogP contribution in [0.4, 0.5) is 4.79 Å². The molecule has 0 radical (unpaired) electrons. The fraction of sp³-hybridized carbons (Fsp3) is 0.111. The van der Waals surface area contributed by atoms with Crippen LogP contribution in [0.15, 0.2) is 59.8 Å². The standard InChI is InChI=1S/C18H17ClN6O2S/c1-21-17(27)22-16(26)14(11-5-3-2-4-6-11)28-18-24-23-15(25(18)20)12-7-9-13(19)10-8-12/h2-10,14H,20H2,1H3,(H2,21,22,26,27)/t14-/m0/s1. The maximum atomic E-state index is 12.6. The average molecular weight is 417 g/mol. The van der Waals surface area contributed by atoms with Gasteiger partial charge in [-0.15, -0.1) is 10.2 Å². The summed E-state index contributed by atoms with van der Waals surface area (Å²) in [5.41, 5.74) is 1.43. The molecule has 10 heteroatoms. The van der Waals surface area contributed by atoms with Crippen LogP contribution in [-0.2, 0) is 4.79 Å². The largest absolute Gasteiger partial charge is 0.341 e. The Bertz CT molecular complexity index is 978. The number of hydrogen-bond acceptors (Lipinski definition) is 6. The highest BCUT2D eigenvalue weighted by molar-refractivity contribution is 8.00. The monoisotopic (exact) mass is 416 g/mol. The molecule has 0 aliphatic heterocycles. The first-order valence-electron chi connectivity index (χ1n) is 8.20. The summed E-state index contributed by atoms with van der Waals surface area (Å²) in [6, 6.07) is 15.4. The second kappa shape index (κ2) is 8.77. The smallest absolute Gasteiger partial charge is 0.321 e. The Balaban J connectivity index is 1.90. The number of amides is 3. The molecular formula is C18H17ClN6O2S. The highest BCUT2D eigenvalue weighted by atomic mass is 35.5. The second-order valence-corrected chi connectivity index (χ2v) is 7.17. The number of hydrogen-bond donors (Lipinski definition) is 3. The average Bonchev–Trinajstić information content (AvgIpc) is 3.07. The Morgan fingerprint density at radius 3 is 2.43 bits per heavy atom. The number of rotatable bonds is 5. The van der Waals surface area contributed by atoms with Gasteiger partial charge in [-0.1, -0.05) is 53.7 Å². The third kappa shape index (κ3) is 4.44. The van der Waals surface area contributed by atoms with E-state index in [4.69, 9.17) is 17.4 Å². The number of nitrogens with two attached hydrogens (primary N) is 1. The Morgan fingerprint density at radius 2 is 1.79 bits per heavy atom. The van der Waals surface area contributed by atoms with Crippen LogP contribution in [0.1, 0.15) is 10.8 Å². The molecule has 28 heavy (non-hydrogen) atoms. The van der Waals surface area contributed by atoms with Crippen molar-refractivity contribution in [2.45, 2.75) is 10.4 Å². The molecule has 0 saturated carbocycles. The Labute approximate surface area is 170 Å². The molecular weight excluding hydrogens is 400 g/mol. The number of nitrogen functional groups attached to an aromatic ring is 1. The summed E-state index contributed by atoms with van der Waals surface area (Å²) in [7, 11) is 1.43. The highest BCUT2D eigenvalue weighted by Crippen LogP contribution is 2.35. The molecule has 8 nitrogen and oxygen atoms in total. The molecule has 0 aliphatic carbocycles. The van der Waals surface area contributed by atoms with E-state index >= 15 is 0 Å². The molecule has 1 heterocycles. The van der Waals surface area contributed by atoms with Gasteiger partial charge in [0.2, 0.25) is 11.1 Å². The molecule has 1 aromatic heterocycles. The normalized spacial score (nSPS) is 11.6. The van der Waals surface area contributed by atoms with Gasteiger partial charge >= 0.3 is 6.03 Å². The SMILES string of the molecule is CNC(=O)NC(=O)[C@@H](Sc1nnc(-c2ccc(Cl)cc2)n1N)c1ccccc1. The topological polar surface area (TPSA) is 115 Å². The van der Waals surface area contributed by atoms with Crippen molar-refractivity contribution >= 4 is 35.3 Å². The van der Waals surface area contributed by atoms with E-state index < -0.39 is 17.2 Å². The molecule has 0 bridgehead atoms. The lowest BCUT2D eigenvalue weighted by atomic mass is 10.1. The summed E-state index contributed by atoms with van der Waals surface area (Å²) in [6.45, 7) is 0. The minimum atomic E-state index is -0.747. The zero-order valence-corrected chi connectivity index (χ0v) is 16.4. The highest BCUT2D eigenvalue weighted by Gasteiger charge is 2.26. The van der Waals surface area contributed by atoms with E-state index in [1.54, 1.807) is 36.4 Å². The van der Waals surface area contributed by atoms with Crippen LogP contribution in [0.5, 0.6) is 0 Å². The van der Waals surface area contributed by atoms with Gasteiger partial charge in [-0.05, 0) is 29.8 Å². The van der Waals surface area contributed by atoms with Crippen molar-refractivity contribution in [3.8, 4) is 11.4 Å². The number of benzene rings is 2. The molecule has 144 valence electrons. The molecule has 0 aliphatic rings. The van der Waals surface area contributed by atoms with Gasteiger partial charge in [0, 0.05) is 17.6 Å². The Morgan fingerprint density at radius 1 is 1.11 bits per heavy atom. The fourth-order valence-electron chi connectivity index (χ4n) is 2.40. The first-order chi connectivity index (χ1) is 13.5. The summed E-state index contributed by atoms with van der Waals surface area (Å²) in [5, 5.41) is 13.0. The van der Waals surface area contributed by atoms with Gasteiger partial charge in [0.15, 0.2) is 5.82 Å². The van der Waals surface area contributed by atoms with E-state index in [-0.39, 0.29) is 0 Å². The van der Waals surface area contributed by atoms with Crippen LogP contribution in [0, 0.1) is 0 Å². The number of carbonyl (C=O) groups is 2. The van der Waals surface area contributed by atoms with Crippen LogP contribution in [0.25, 0.3) is 11.4 Å². The van der Waals surface area contributed by atoms with E-state index in [1.165, 1.54) is 11.7 Å². The van der Waals surface area contributed by atoms with Crippen molar-refractivity contribution in [2.75, 3.05) is 12.9 Å². The van der Waals surface area contributed by atoms with Crippen LogP contribution >= 0.6 is 23.4 Å². The van der Waals surface area contributed by atoms with Gasteiger partial charge in [-0.25, -0.2) is 9.47 Å². The number of imide groups is 1. The van der Waals surface area contributed by atoms with E-state index in [2.05, 4.69) is 20.8 Å². The summed E-state index contributed by atoms with van der Waals surface area (Å²) in [6.07, 6.45) is 0. The molecule has 3 amide bonds. The molecule has 4 N–H and O–H groups in total. The van der Waals surface area contributed by atoms with Gasteiger partial charge in [-0.3, -0.25) is 10.1 Å². The van der Waals surface area contributed by atoms with Crippen LogP contribution < -0.4 is 16.5 Å². The maximum Gasteiger partial charge on any atom is 0.321 e. The van der Waals surface area contributed by atoms with E-state index in [0.29, 0.717) is 21.6 Å². The summed E-state index contributed by atoms with van der Waals surface area (Å²) >= 11 is 7.01. The Kier molecular flexibility index (Phi) is 6.17. The van der Waals surface area contributed by atoms with Crippen molar-refractivity contribution in [1.82, 2.24) is 25.5 Å². The van der Waals surface area contributed by atoms with Crippen LogP contribution in [0.2, 0.25) is 5.02 Å². The molecule has 1 atom stereocenters. The van der Waals surface area contributed by atoms with Gasteiger partial charge < -0.3 is 11.2 Å². The van der Waals surface area contributed by atoms with E-state index in [9.17, 15) is 9.59 Å². The Hall–Kier alpha value is -3.04. The summed E-state index contributed by atoms with van der Waals surface area (Å²) in [4.78, 5) is 24.2. The molecule has 0 unspecified atom stereocenters. The summed E-state index contributed by atoms with van der Waals surface area (Å²) in [5.74, 6) is 6.09. The second-order valence-electron chi connectivity index (χ2n) is 5.66. The minimum Gasteiger partial charge on any atom is -0.341 e. The lowest BCUT2D eigenvalue weighted by Gasteiger charge is -2.15. The fourth-order valence-corrected chi connectivity index (χ4v) is 3.48. The van der Waals surface area contributed by atoms with Gasteiger partial charge in [-0.2, -0.15) is 0 Å². The molecule has 2 aromatic carbocycles. The summed E-state index contributed by atoms with van der Waals surface area (Å²) < 4.78 is 1.30. The van der Waals surface area contributed by atoms with E-state index in [0.717, 1.165) is 17.3 Å². The number of thioether (sulfide) groups is 1. The third-order valence-corrected chi connectivity index (χ3v) is 5.26. The predicted octanol–water partition coefficient (Wildman–Crippen LogP) is 2.60. The molecule has 3 aromatic rings. The number of aromatic nitrogens is 3. The number of nitrogens with one attached hydrogen (secondary N) is 2. The van der Waals surface area contributed by atoms with Crippen molar-refractivity contribution < 1.29 is 9.59 Å². The maximum absolute atomic E-state index is 12.6. The predicted molar refractivity (Wildman–Crippen MR) is 108 cm³/mol. The van der Waals surface area contributed by atoms with Crippen molar-refractivity contribution in [2.24, 2.45) is 0 Å². The van der Waals surface area contributed by atoms with Crippen molar-refractivity contribution in [1.29, 1.82) is 0 Å². The first kappa shape index (κ1) is 19.7. The first-order valence-corrected chi connectivity index (χ1v) is 9.46. The molecule has 0 saturated heterocycles. The number of nitrogens with zero attached hydrogens (tertiary/aromatic N) is 3. The van der Waals surface area contributed by atoms with Crippen molar-refractivity contribution in [3.63, 3.8) is 0 Å². The lowest BCUT2D eigenvalue weighted by molar-refractivity contribution is -0.119. The number of halogens is 1. The third-order valence-electron chi connectivity index (χ3n) is 3.79. The van der Waals surface area contributed by atoms with E-state index in [1.807, 2.05) is 18.2 Å². The zero-order chi connectivity index (χ0) is 20.1. The van der Waals surface area contributed by atoms with Crippen molar-refractivity contribution in [3.05, 3.63) is 65.2 Å². The number of carbonyl (C=O) groups excluding carboxylic acids is 2. The number of urea groups is 1. The molecule has 0 spiro atoms. The molecule has 0 fully saturated rings. The van der Waals surface area contributed by atoms with Crippen LogP contribution in [0.3, 0.4) is 0 Å². The lowest BCUT2D eigenvalue weighted by Crippen LogP contribution is -2.39. The molecule has 3 rings (SSSR count). The van der Waals surface area contributed by atoms with Gasteiger partial charge in [0.05, 0.1) is 0 Å². The minimum absolute atomic E-state index is 0.325. The van der Waals surface area contributed by atoms with Gasteiger partial charge in [0.1, 0.15) is 5.25 Å². The zero-order valence-electron chi connectivity index (χ0n) is 14.8.